The second kappa shape index (κ2) is 9.60. The van der Waals surface area contributed by atoms with Gasteiger partial charge in [0.15, 0.2) is 0 Å². The summed E-state index contributed by atoms with van der Waals surface area (Å²) < 4.78 is 10.6. The fourth-order valence-electron chi connectivity index (χ4n) is 3.86. The molecule has 0 unspecified atom stereocenters. The number of rotatable bonds is 5. The molecule has 1 aromatic heterocycles. The number of amides is 1. The molecular formula is C21H27N5O4. The van der Waals surface area contributed by atoms with Crippen molar-refractivity contribution in [3.05, 3.63) is 42.1 Å². The van der Waals surface area contributed by atoms with Gasteiger partial charge in [0.2, 0.25) is 5.27 Å². The minimum absolute atomic E-state index is 0.00254. The van der Waals surface area contributed by atoms with Gasteiger partial charge in [-0.2, -0.15) is 0 Å². The molecule has 0 atom stereocenters. The van der Waals surface area contributed by atoms with Gasteiger partial charge in [0.1, 0.15) is 6.61 Å². The van der Waals surface area contributed by atoms with Gasteiger partial charge in [-0.25, -0.2) is 9.79 Å². The van der Waals surface area contributed by atoms with Crippen LogP contribution in [0.15, 0.2) is 46.0 Å². The normalized spacial score (nSPS) is 18.5. The summed E-state index contributed by atoms with van der Waals surface area (Å²) >= 11 is 0. The van der Waals surface area contributed by atoms with Crippen molar-refractivity contribution in [3.8, 4) is 0 Å². The topological polar surface area (TPSA) is 98.1 Å². The van der Waals surface area contributed by atoms with Gasteiger partial charge in [-0.1, -0.05) is 49.6 Å². The standard InChI is InChI=1S/C21H27N5O4/c27-20(18-9-5-2-6-10-18)22-19-15-26(23-30-19)25-13-11-24(12-14-25)21(28)29-16-17-7-3-1-4-8-17/h1,3-4,7-8,15,18H,2,5-6,9-14,16H2. The minimum atomic E-state index is -0.322. The highest BCUT2D eigenvalue weighted by Gasteiger charge is 2.29. The van der Waals surface area contributed by atoms with Crippen LogP contribution in [0.3, 0.4) is 0 Å². The molecule has 1 saturated heterocycles. The van der Waals surface area contributed by atoms with E-state index in [2.05, 4.69) is 10.3 Å². The minimum Gasteiger partial charge on any atom is -0.861 e. The van der Waals surface area contributed by atoms with Crippen molar-refractivity contribution in [2.24, 2.45) is 10.9 Å². The first-order valence-electron chi connectivity index (χ1n) is 10.5. The third-order valence-electron chi connectivity index (χ3n) is 5.63. The Labute approximate surface area is 175 Å². The summed E-state index contributed by atoms with van der Waals surface area (Å²) in [6.07, 6.45) is 6.46. The number of aliphatic imine (C=N–C) groups is 1. The van der Waals surface area contributed by atoms with Crippen molar-refractivity contribution in [2.45, 2.75) is 38.7 Å². The number of carbonyl (C=O) groups excluding carboxylic acids is 1. The second-order valence-electron chi connectivity index (χ2n) is 7.73. The molecule has 0 spiro atoms. The highest BCUT2D eigenvalue weighted by Crippen LogP contribution is 2.24. The molecule has 1 aromatic carbocycles. The SMILES string of the molecule is O=C(OCc1ccccc1)N1CCN([n+]2cc(N=C([O-])C3CCCCC3)on2)CC1. The number of benzene rings is 1. The van der Waals surface area contributed by atoms with Crippen LogP contribution in [0.5, 0.6) is 0 Å². The van der Waals surface area contributed by atoms with Crippen LogP contribution in [0, 0.1) is 5.92 Å². The van der Waals surface area contributed by atoms with Crippen LogP contribution < -0.4 is 14.9 Å². The van der Waals surface area contributed by atoms with E-state index in [1.54, 1.807) is 15.9 Å². The van der Waals surface area contributed by atoms with Gasteiger partial charge in [0.05, 0.1) is 17.9 Å². The zero-order valence-electron chi connectivity index (χ0n) is 17.0. The molecule has 30 heavy (non-hydrogen) atoms. The number of nitrogens with zero attached hydrogens (tertiary/aromatic N) is 5. The van der Waals surface area contributed by atoms with Crippen molar-refractivity contribution in [1.82, 2.24) is 10.2 Å². The Bertz CT molecular complexity index is 855. The van der Waals surface area contributed by atoms with Gasteiger partial charge in [-0.05, 0) is 30.2 Å². The van der Waals surface area contributed by atoms with Crippen LogP contribution in [-0.2, 0) is 11.3 Å². The van der Waals surface area contributed by atoms with E-state index in [0.717, 1.165) is 31.2 Å². The molecule has 0 bridgehead atoms. The molecule has 1 saturated carbocycles. The lowest BCUT2D eigenvalue weighted by molar-refractivity contribution is -0.759. The maximum absolute atomic E-state index is 12.3. The van der Waals surface area contributed by atoms with Crippen molar-refractivity contribution in [3.63, 3.8) is 0 Å². The predicted octanol–water partition coefficient (Wildman–Crippen LogP) is 1.52. The monoisotopic (exact) mass is 413 g/mol. The summed E-state index contributed by atoms with van der Waals surface area (Å²) in [7, 11) is 0. The first-order chi connectivity index (χ1) is 14.7. The van der Waals surface area contributed by atoms with Crippen LogP contribution in [0.4, 0.5) is 10.7 Å². The van der Waals surface area contributed by atoms with Gasteiger partial charge >= 0.3 is 12.0 Å². The fraction of sp³-hybridized carbons (Fsp3) is 0.524. The molecule has 1 amide bonds. The highest BCUT2D eigenvalue weighted by molar-refractivity contribution is 5.76. The van der Waals surface area contributed by atoms with Crippen LogP contribution in [-0.4, -0.2) is 48.3 Å². The second-order valence-corrected chi connectivity index (χ2v) is 7.73. The maximum atomic E-state index is 12.3. The lowest BCUT2D eigenvalue weighted by Crippen LogP contribution is -2.65. The van der Waals surface area contributed by atoms with E-state index >= 15 is 0 Å². The lowest BCUT2D eigenvalue weighted by Gasteiger charge is -2.29. The molecule has 1 aliphatic heterocycles. The van der Waals surface area contributed by atoms with Gasteiger partial charge in [0.25, 0.3) is 6.20 Å². The molecule has 4 rings (SSSR count). The van der Waals surface area contributed by atoms with Crippen molar-refractivity contribution in [1.29, 1.82) is 0 Å². The predicted molar refractivity (Wildman–Crippen MR) is 107 cm³/mol. The van der Waals surface area contributed by atoms with Gasteiger partial charge in [0, 0.05) is 13.1 Å². The van der Waals surface area contributed by atoms with E-state index in [1.165, 1.54) is 6.42 Å². The van der Waals surface area contributed by atoms with E-state index in [0.29, 0.717) is 26.2 Å². The number of ether oxygens (including phenoxy) is 1. The van der Waals surface area contributed by atoms with Crippen molar-refractivity contribution >= 4 is 17.9 Å². The molecule has 2 heterocycles. The zero-order chi connectivity index (χ0) is 20.8. The lowest BCUT2D eigenvalue weighted by atomic mass is 9.89. The van der Waals surface area contributed by atoms with E-state index in [4.69, 9.17) is 9.26 Å². The number of carbonyl (C=O) groups is 1. The van der Waals surface area contributed by atoms with Crippen molar-refractivity contribution in [2.75, 3.05) is 31.2 Å². The Morgan fingerprint density at radius 1 is 1.17 bits per heavy atom. The average Bonchev–Trinajstić information content (AvgIpc) is 3.27. The van der Waals surface area contributed by atoms with Crippen LogP contribution >= 0.6 is 0 Å². The first kappa shape index (κ1) is 20.2. The van der Waals surface area contributed by atoms with Crippen molar-refractivity contribution < 1.29 is 24.0 Å². The number of hydrogen-bond acceptors (Lipinski definition) is 7. The molecule has 0 radical (unpaired) electrons. The molecule has 1 aliphatic carbocycles. The largest absolute Gasteiger partial charge is 0.861 e. The molecule has 9 heteroatoms. The van der Waals surface area contributed by atoms with Gasteiger partial charge in [-0.3, -0.25) is 4.52 Å². The molecule has 2 aliphatic rings. The van der Waals surface area contributed by atoms with Gasteiger partial charge < -0.3 is 14.7 Å². The van der Waals surface area contributed by atoms with E-state index in [9.17, 15) is 9.90 Å². The van der Waals surface area contributed by atoms with Crippen LogP contribution in [0.1, 0.15) is 37.7 Å². The number of hydrogen-bond donors (Lipinski definition) is 0. The summed E-state index contributed by atoms with van der Waals surface area (Å²) in [5, 5.41) is 18.2. The van der Waals surface area contributed by atoms with E-state index < -0.39 is 0 Å². The maximum Gasteiger partial charge on any atom is 0.410 e. The van der Waals surface area contributed by atoms with E-state index in [1.807, 2.05) is 35.3 Å². The van der Waals surface area contributed by atoms with Crippen LogP contribution in [0.2, 0.25) is 0 Å². The number of piperazine rings is 1. The summed E-state index contributed by atoms with van der Waals surface area (Å²) in [5.74, 6) is 0.0991. The number of aromatic nitrogens is 2. The Balaban J connectivity index is 1.26. The summed E-state index contributed by atoms with van der Waals surface area (Å²) in [6, 6.07) is 9.61. The van der Waals surface area contributed by atoms with Gasteiger partial charge in [-0.15, -0.1) is 5.01 Å². The highest BCUT2D eigenvalue weighted by atomic mass is 16.6. The van der Waals surface area contributed by atoms with Crippen LogP contribution in [0.25, 0.3) is 0 Å². The first-order valence-corrected chi connectivity index (χ1v) is 10.5. The fourth-order valence-corrected chi connectivity index (χ4v) is 3.86. The zero-order valence-corrected chi connectivity index (χ0v) is 17.0. The smallest absolute Gasteiger partial charge is 0.410 e. The van der Waals surface area contributed by atoms with E-state index in [-0.39, 0.29) is 30.4 Å². The summed E-state index contributed by atoms with van der Waals surface area (Å²) in [4.78, 5) is 19.6. The molecular weight excluding hydrogens is 386 g/mol. The summed E-state index contributed by atoms with van der Waals surface area (Å²) in [5.41, 5.74) is 0.960. The Kier molecular flexibility index (Phi) is 6.46. The summed E-state index contributed by atoms with van der Waals surface area (Å²) in [6.45, 7) is 2.45. The average molecular weight is 413 g/mol. The third kappa shape index (κ3) is 5.08. The quantitative estimate of drug-likeness (QED) is 0.419. The molecule has 2 aromatic rings. The Morgan fingerprint density at radius 3 is 2.63 bits per heavy atom. The Morgan fingerprint density at radius 2 is 1.90 bits per heavy atom. The Hall–Kier alpha value is -3.10. The molecule has 2 fully saturated rings. The molecule has 160 valence electrons. The molecule has 0 N–H and O–H groups in total. The molecule has 9 nitrogen and oxygen atoms in total. The third-order valence-corrected chi connectivity index (χ3v) is 5.63.